The monoisotopic (exact) mass is 239 g/mol. The summed E-state index contributed by atoms with van der Waals surface area (Å²) in [7, 11) is 0. The zero-order chi connectivity index (χ0) is 11.3. The van der Waals surface area contributed by atoms with Gasteiger partial charge in [-0.3, -0.25) is 0 Å². The summed E-state index contributed by atoms with van der Waals surface area (Å²) < 4.78 is 2.31. The van der Waals surface area contributed by atoms with Crippen LogP contribution in [-0.4, -0.2) is 15.1 Å². The van der Waals surface area contributed by atoms with Crippen LogP contribution in [0.5, 0.6) is 0 Å². The molecule has 3 nitrogen and oxygen atoms in total. The molecule has 16 heavy (non-hydrogen) atoms. The number of hydrogen-bond donors (Lipinski definition) is 1. The van der Waals surface area contributed by atoms with E-state index in [1.807, 2.05) is 0 Å². The Morgan fingerprint density at radius 3 is 2.94 bits per heavy atom. The molecule has 1 fully saturated rings. The van der Waals surface area contributed by atoms with Crippen molar-refractivity contribution < 1.29 is 0 Å². The second-order valence-electron chi connectivity index (χ2n) is 5.20. The maximum Gasteiger partial charge on any atom is 0.150 e. The first-order chi connectivity index (χ1) is 7.64. The van der Waals surface area contributed by atoms with E-state index in [1.165, 1.54) is 25.0 Å². The minimum absolute atomic E-state index is 0.124. The molecule has 0 spiro atoms. The van der Waals surface area contributed by atoms with Crippen LogP contribution in [0.15, 0.2) is 0 Å². The number of nitrogens with zero attached hydrogens (tertiary/aromatic N) is 2. The van der Waals surface area contributed by atoms with E-state index in [-0.39, 0.29) is 5.54 Å². The van der Waals surface area contributed by atoms with Crippen molar-refractivity contribution in [3.8, 4) is 0 Å². The Bertz CT molecular complexity index is 420. The normalized spacial score (nSPS) is 26.6. The van der Waals surface area contributed by atoms with Crippen molar-refractivity contribution in [2.24, 2.45) is 11.7 Å². The molecule has 1 unspecified atom stereocenters. The third kappa shape index (κ3) is 1.49. The summed E-state index contributed by atoms with van der Waals surface area (Å²) in [5, 5.41) is 0.706. The lowest BCUT2D eigenvalue weighted by molar-refractivity contribution is 0.294. The van der Waals surface area contributed by atoms with E-state index in [0.717, 1.165) is 25.2 Å². The molecule has 0 radical (unpaired) electrons. The second-order valence-corrected chi connectivity index (χ2v) is 5.56. The van der Waals surface area contributed by atoms with Gasteiger partial charge in [-0.05, 0) is 31.6 Å². The number of aromatic nitrogens is 2. The summed E-state index contributed by atoms with van der Waals surface area (Å²) in [4.78, 5) is 4.44. The van der Waals surface area contributed by atoms with Crippen molar-refractivity contribution in [1.29, 1.82) is 0 Å². The third-order valence-corrected chi connectivity index (χ3v) is 4.49. The van der Waals surface area contributed by atoms with Crippen molar-refractivity contribution in [2.45, 2.75) is 51.1 Å². The molecule has 0 amide bonds. The Morgan fingerprint density at radius 2 is 2.31 bits per heavy atom. The predicted octanol–water partition coefficient (Wildman–Crippen LogP) is 2.15. The van der Waals surface area contributed by atoms with Gasteiger partial charge in [0.15, 0.2) is 5.15 Å². The summed E-state index contributed by atoms with van der Waals surface area (Å²) >= 11 is 6.16. The van der Waals surface area contributed by atoms with E-state index < -0.39 is 0 Å². The number of rotatable bonds is 2. The standard InChI is InChI=1S/C12H18ClN3/c1-2-10-15-11(13)9-4-3-8(7-16(9)10)12(14)5-6-12/h8H,2-7,14H2,1H3. The van der Waals surface area contributed by atoms with Gasteiger partial charge >= 0.3 is 0 Å². The number of imidazole rings is 1. The van der Waals surface area contributed by atoms with Gasteiger partial charge in [-0.1, -0.05) is 18.5 Å². The van der Waals surface area contributed by atoms with Gasteiger partial charge in [0.05, 0.1) is 5.69 Å². The molecule has 4 heteroatoms. The van der Waals surface area contributed by atoms with Gasteiger partial charge in [-0.15, -0.1) is 0 Å². The van der Waals surface area contributed by atoms with Gasteiger partial charge in [0.2, 0.25) is 0 Å². The minimum atomic E-state index is 0.124. The van der Waals surface area contributed by atoms with E-state index in [1.54, 1.807) is 0 Å². The lowest BCUT2D eigenvalue weighted by atomic mass is 9.89. The average Bonchev–Trinajstić information content (AvgIpc) is 2.96. The number of hydrogen-bond acceptors (Lipinski definition) is 2. The van der Waals surface area contributed by atoms with E-state index in [4.69, 9.17) is 17.3 Å². The molecule has 1 atom stereocenters. The number of nitrogens with two attached hydrogens (primary N) is 1. The van der Waals surface area contributed by atoms with Crippen LogP contribution < -0.4 is 5.73 Å². The fourth-order valence-corrected chi connectivity index (χ4v) is 3.17. The quantitative estimate of drug-likeness (QED) is 0.860. The Kier molecular flexibility index (Phi) is 2.30. The highest BCUT2D eigenvalue weighted by molar-refractivity contribution is 6.30. The molecule has 1 aromatic rings. The Balaban J connectivity index is 1.92. The van der Waals surface area contributed by atoms with Gasteiger partial charge in [-0.2, -0.15) is 0 Å². The van der Waals surface area contributed by atoms with Crippen LogP contribution in [-0.2, 0) is 19.4 Å². The first kappa shape index (κ1) is 10.6. The SMILES string of the molecule is CCc1nc(Cl)c2n1CC(C1(N)CC1)CC2. The number of aryl methyl sites for hydroxylation is 1. The van der Waals surface area contributed by atoms with E-state index >= 15 is 0 Å². The summed E-state index contributed by atoms with van der Waals surface area (Å²) in [5.41, 5.74) is 7.66. The van der Waals surface area contributed by atoms with Crippen molar-refractivity contribution in [3.05, 3.63) is 16.7 Å². The highest BCUT2D eigenvalue weighted by atomic mass is 35.5. The van der Waals surface area contributed by atoms with Gasteiger partial charge in [0.1, 0.15) is 5.82 Å². The molecule has 2 heterocycles. The van der Waals surface area contributed by atoms with E-state index in [0.29, 0.717) is 11.1 Å². The number of fused-ring (bicyclic) bond motifs is 1. The average molecular weight is 240 g/mol. The first-order valence-corrected chi connectivity index (χ1v) is 6.54. The Morgan fingerprint density at radius 1 is 1.56 bits per heavy atom. The Hall–Kier alpha value is -0.540. The van der Waals surface area contributed by atoms with Gasteiger partial charge in [0, 0.05) is 18.5 Å². The van der Waals surface area contributed by atoms with E-state index in [9.17, 15) is 0 Å². The minimum Gasteiger partial charge on any atom is -0.330 e. The fourth-order valence-electron chi connectivity index (χ4n) is 2.87. The maximum atomic E-state index is 6.31. The maximum absolute atomic E-state index is 6.31. The van der Waals surface area contributed by atoms with Crippen LogP contribution in [0.25, 0.3) is 0 Å². The fraction of sp³-hybridized carbons (Fsp3) is 0.750. The second kappa shape index (κ2) is 3.47. The molecule has 3 rings (SSSR count). The van der Waals surface area contributed by atoms with Crippen LogP contribution in [0, 0.1) is 5.92 Å². The summed E-state index contributed by atoms with van der Waals surface area (Å²) in [6, 6.07) is 0. The van der Waals surface area contributed by atoms with Crippen molar-refractivity contribution in [2.75, 3.05) is 0 Å². The van der Waals surface area contributed by atoms with Crippen molar-refractivity contribution in [3.63, 3.8) is 0 Å². The molecule has 0 aromatic carbocycles. The highest BCUT2D eigenvalue weighted by Crippen LogP contribution is 2.44. The molecule has 2 N–H and O–H groups in total. The van der Waals surface area contributed by atoms with Crippen LogP contribution in [0.1, 0.15) is 37.7 Å². The first-order valence-electron chi connectivity index (χ1n) is 6.16. The summed E-state index contributed by atoms with van der Waals surface area (Å²) in [6.45, 7) is 3.15. The molecule has 1 aromatic heterocycles. The molecular weight excluding hydrogens is 222 g/mol. The molecule has 1 saturated carbocycles. The summed E-state index contributed by atoms with van der Waals surface area (Å²) in [5.74, 6) is 1.74. The Labute approximate surface area is 101 Å². The smallest absolute Gasteiger partial charge is 0.150 e. The zero-order valence-electron chi connectivity index (χ0n) is 9.67. The molecule has 1 aliphatic carbocycles. The lowest BCUT2D eigenvalue weighted by Gasteiger charge is -2.30. The molecule has 0 bridgehead atoms. The highest BCUT2D eigenvalue weighted by Gasteiger charge is 2.46. The zero-order valence-corrected chi connectivity index (χ0v) is 10.4. The van der Waals surface area contributed by atoms with Crippen LogP contribution in [0.4, 0.5) is 0 Å². The predicted molar refractivity (Wildman–Crippen MR) is 64.6 cm³/mol. The van der Waals surface area contributed by atoms with Crippen molar-refractivity contribution >= 4 is 11.6 Å². The molecule has 2 aliphatic rings. The van der Waals surface area contributed by atoms with Gasteiger partial charge in [-0.25, -0.2) is 4.98 Å². The number of halogens is 1. The van der Waals surface area contributed by atoms with E-state index in [2.05, 4.69) is 16.5 Å². The van der Waals surface area contributed by atoms with Crippen molar-refractivity contribution in [1.82, 2.24) is 9.55 Å². The molecule has 1 aliphatic heterocycles. The largest absolute Gasteiger partial charge is 0.330 e. The third-order valence-electron chi connectivity index (χ3n) is 4.19. The van der Waals surface area contributed by atoms with Crippen LogP contribution in [0.2, 0.25) is 5.15 Å². The van der Waals surface area contributed by atoms with Crippen LogP contribution in [0.3, 0.4) is 0 Å². The summed E-state index contributed by atoms with van der Waals surface area (Å²) in [6.07, 6.45) is 5.54. The topological polar surface area (TPSA) is 43.8 Å². The van der Waals surface area contributed by atoms with Gasteiger partial charge < -0.3 is 10.3 Å². The van der Waals surface area contributed by atoms with Crippen LogP contribution >= 0.6 is 11.6 Å². The molecule has 0 saturated heterocycles. The van der Waals surface area contributed by atoms with Gasteiger partial charge in [0.25, 0.3) is 0 Å². The lowest BCUT2D eigenvalue weighted by Crippen LogP contribution is -2.38. The molecular formula is C12H18ClN3. The molecule has 88 valence electrons.